The first-order chi connectivity index (χ1) is 9.15. The Morgan fingerprint density at radius 1 is 1.26 bits per heavy atom. The van der Waals surface area contributed by atoms with Crippen molar-refractivity contribution in [1.82, 2.24) is 10.2 Å². The second kappa shape index (κ2) is 6.85. The Bertz CT molecular complexity index is 505. The van der Waals surface area contributed by atoms with Crippen LogP contribution >= 0.6 is 23.1 Å². The van der Waals surface area contributed by atoms with Gasteiger partial charge in [0.25, 0.3) is 0 Å². The summed E-state index contributed by atoms with van der Waals surface area (Å²) in [7, 11) is 0. The molecule has 5 nitrogen and oxygen atoms in total. The zero-order valence-electron chi connectivity index (χ0n) is 10.3. The maximum atomic E-state index is 10.0. The number of aliphatic hydroxyl groups excluding tert-OH is 1. The van der Waals surface area contributed by atoms with E-state index in [0.29, 0.717) is 17.3 Å². The van der Waals surface area contributed by atoms with Gasteiger partial charge >= 0.3 is 0 Å². The Kier molecular flexibility index (Phi) is 5.15. The lowest BCUT2D eigenvalue weighted by Gasteiger charge is -2.17. The Balaban J connectivity index is 1.80. The molecule has 0 aliphatic carbocycles. The monoisotopic (exact) mass is 296 g/mol. The summed E-state index contributed by atoms with van der Waals surface area (Å²) < 4.78 is 0.753. The minimum Gasteiger partial charge on any atom is -0.391 e. The molecule has 102 valence electrons. The largest absolute Gasteiger partial charge is 0.391 e. The number of hydrogen-bond donors (Lipinski definition) is 3. The number of nitrogens with two attached hydrogens (primary N) is 2. The third-order valence-electron chi connectivity index (χ3n) is 2.61. The number of benzene rings is 1. The molecule has 0 aliphatic rings. The van der Waals surface area contributed by atoms with E-state index in [1.807, 2.05) is 30.3 Å². The van der Waals surface area contributed by atoms with E-state index in [1.54, 1.807) is 0 Å². The molecule has 2 atom stereocenters. The summed E-state index contributed by atoms with van der Waals surface area (Å²) in [6, 6.07) is 9.61. The van der Waals surface area contributed by atoms with Crippen molar-refractivity contribution in [3.8, 4) is 0 Å². The quantitative estimate of drug-likeness (QED) is 0.692. The van der Waals surface area contributed by atoms with E-state index in [-0.39, 0.29) is 6.04 Å². The van der Waals surface area contributed by atoms with Gasteiger partial charge in [0.15, 0.2) is 4.34 Å². The Morgan fingerprint density at radius 3 is 2.63 bits per heavy atom. The van der Waals surface area contributed by atoms with Crippen LogP contribution in [0.15, 0.2) is 34.7 Å². The van der Waals surface area contributed by atoms with Crippen LogP contribution in [0.2, 0.25) is 0 Å². The fraction of sp³-hybridized carbons (Fsp3) is 0.333. The average Bonchev–Trinajstić information content (AvgIpc) is 2.83. The lowest BCUT2D eigenvalue weighted by molar-refractivity contribution is 0.167. The van der Waals surface area contributed by atoms with Crippen LogP contribution in [0.5, 0.6) is 0 Å². The smallest absolute Gasteiger partial charge is 0.203 e. The molecule has 0 fully saturated rings. The van der Waals surface area contributed by atoms with E-state index in [9.17, 15) is 5.11 Å². The van der Waals surface area contributed by atoms with Gasteiger partial charge in [0.05, 0.1) is 6.10 Å². The lowest BCUT2D eigenvalue weighted by atomic mass is 10.0. The Morgan fingerprint density at radius 2 is 2.00 bits per heavy atom. The van der Waals surface area contributed by atoms with Crippen LogP contribution in [0.4, 0.5) is 5.13 Å². The van der Waals surface area contributed by atoms with Crippen molar-refractivity contribution in [3.05, 3.63) is 35.9 Å². The molecule has 0 aliphatic heterocycles. The van der Waals surface area contributed by atoms with Crippen LogP contribution in [0.1, 0.15) is 5.56 Å². The van der Waals surface area contributed by atoms with Gasteiger partial charge in [0.1, 0.15) is 0 Å². The summed E-state index contributed by atoms with van der Waals surface area (Å²) in [4.78, 5) is 0. The zero-order valence-corrected chi connectivity index (χ0v) is 11.9. The van der Waals surface area contributed by atoms with Gasteiger partial charge in [0, 0.05) is 11.8 Å². The minimum absolute atomic E-state index is 0.292. The molecule has 1 aromatic heterocycles. The van der Waals surface area contributed by atoms with Crippen molar-refractivity contribution < 1.29 is 5.11 Å². The molecule has 2 aromatic rings. The van der Waals surface area contributed by atoms with Gasteiger partial charge in [-0.15, -0.1) is 10.2 Å². The number of nitrogens with zero attached hydrogens (tertiary/aromatic N) is 2. The topological polar surface area (TPSA) is 98.0 Å². The van der Waals surface area contributed by atoms with E-state index in [1.165, 1.54) is 23.1 Å². The molecule has 5 N–H and O–H groups in total. The maximum absolute atomic E-state index is 10.0. The van der Waals surface area contributed by atoms with Gasteiger partial charge in [0.2, 0.25) is 5.13 Å². The first kappa shape index (κ1) is 14.3. The number of hydrogen-bond acceptors (Lipinski definition) is 7. The number of aromatic nitrogens is 2. The van der Waals surface area contributed by atoms with E-state index < -0.39 is 6.10 Å². The van der Waals surface area contributed by atoms with Gasteiger partial charge in [-0.1, -0.05) is 53.4 Å². The van der Waals surface area contributed by atoms with Crippen molar-refractivity contribution in [1.29, 1.82) is 0 Å². The van der Waals surface area contributed by atoms with Crippen LogP contribution in [0.3, 0.4) is 0 Å². The predicted octanol–water partition coefficient (Wildman–Crippen LogP) is 1.14. The number of thioether (sulfide) groups is 1. The molecule has 2 rings (SSSR count). The first-order valence-electron chi connectivity index (χ1n) is 5.84. The highest BCUT2D eigenvalue weighted by atomic mass is 32.2. The zero-order chi connectivity index (χ0) is 13.7. The van der Waals surface area contributed by atoms with Gasteiger partial charge in [-0.25, -0.2) is 0 Å². The van der Waals surface area contributed by atoms with Crippen molar-refractivity contribution in [3.63, 3.8) is 0 Å². The second-order valence-corrected chi connectivity index (χ2v) is 6.41. The van der Waals surface area contributed by atoms with Gasteiger partial charge in [-0.3, -0.25) is 0 Å². The standard InChI is InChI=1S/C12H16N4OS2/c13-9(6-8-4-2-1-3-5-8)10(17)7-18-12-16-15-11(14)19-12/h1-5,9-10,17H,6-7,13H2,(H2,14,15). The highest BCUT2D eigenvalue weighted by Gasteiger charge is 2.16. The minimum atomic E-state index is -0.588. The predicted molar refractivity (Wildman–Crippen MR) is 79.2 cm³/mol. The number of rotatable bonds is 6. The SMILES string of the molecule is Nc1nnc(SCC(O)C(N)Cc2ccccc2)s1. The number of nitrogen functional groups attached to an aromatic ring is 1. The van der Waals surface area contributed by atoms with Crippen molar-refractivity contribution >= 4 is 28.2 Å². The molecule has 0 radical (unpaired) electrons. The molecule has 1 aromatic carbocycles. The van der Waals surface area contributed by atoms with E-state index in [4.69, 9.17) is 11.5 Å². The Hall–Kier alpha value is -1.15. The summed E-state index contributed by atoms with van der Waals surface area (Å²) in [5, 5.41) is 18.1. The maximum Gasteiger partial charge on any atom is 0.203 e. The van der Waals surface area contributed by atoms with Crippen LogP contribution in [0, 0.1) is 0 Å². The normalized spacial score (nSPS) is 14.2. The fourth-order valence-electron chi connectivity index (χ4n) is 1.58. The molecule has 19 heavy (non-hydrogen) atoms. The van der Waals surface area contributed by atoms with Gasteiger partial charge < -0.3 is 16.6 Å². The first-order valence-corrected chi connectivity index (χ1v) is 7.64. The highest BCUT2D eigenvalue weighted by Crippen LogP contribution is 2.24. The van der Waals surface area contributed by atoms with Crippen LogP contribution in [-0.4, -0.2) is 33.2 Å². The summed E-state index contributed by atoms with van der Waals surface area (Å²) in [6.07, 6.45) is 0.0659. The van der Waals surface area contributed by atoms with Crippen molar-refractivity contribution in [2.45, 2.75) is 22.9 Å². The molecule has 0 saturated heterocycles. The van der Waals surface area contributed by atoms with Crippen LogP contribution < -0.4 is 11.5 Å². The summed E-state index contributed by atoms with van der Waals surface area (Å²) in [5.74, 6) is 0.489. The third kappa shape index (κ3) is 4.46. The third-order valence-corrected chi connectivity index (χ3v) is 4.60. The number of anilines is 1. The van der Waals surface area contributed by atoms with E-state index in [0.717, 1.165) is 9.90 Å². The van der Waals surface area contributed by atoms with Crippen LogP contribution in [-0.2, 0) is 6.42 Å². The molecule has 7 heteroatoms. The Labute approximate surface area is 120 Å². The van der Waals surface area contributed by atoms with E-state index in [2.05, 4.69) is 10.2 Å². The van der Waals surface area contributed by atoms with E-state index >= 15 is 0 Å². The summed E-state index contributed by atoms with van der Waals surface area (Å²) >= 11 is 2.74. The molecule has 1 heterocycles. The highest BCUT2D eigenvalue weighted by molar-refractivity contribution is 8.01. The molecule has 0 saturated carbocycles. The average molecular weight is 296 g/mol. The molecular weight excluding hydrogens is 280 g/mol. The molecule has 2 unspecified atom stereocenters. The molecule has 0 amide bonds. The van der Waals surface area contributed by atoms with Crippen molar-refractivity contribution in [2.75, 3.05) is 11.5 Å². The number of aliphatic hydroxyl groups is 1. The van der Waals surface area contributed by atoms with Gasteiger partial charge in [-0.05, 0) is 12.0 Å². The molecule has 0 spiro atoms. The second-order valence-electron chi connectivity index (χ2n) is 4.14. The van der Waals surface area contributed by atoms with Crippen LogP contribution in [0.25, 0.3) is 0 Å². The summed E-state index contributed by atoms with van der Waals surface area (Å²) in [6.45, 7) is 0. The van der Waals surface area contributed by atoms with Crippen molar-refractivity contribution in [2.24, 2.45) is 5.73 Å². The van der Waals surface area contributed by atoms with Gasteiger partial charge in [-0.2, -0.15) is 0 Å². The summed E-state index contributed by atoms with van der Waals surface area (Å²) in [5.41, 5.74) is 12.6. The molecule has 0 bridgehead atoms. The lowest BCUT2D eigenvalue weighted by Crippen LogP contribution is -2.38. The fourth-order valence-corrected chi connectivity index (χ4v) is 3.28. The molecular formula is C12H16N4OS2.